The second-order valence-corrected chi connectivity index (χ2v) is 7.33. The molecule has 5 nitrogen and oxygen atoms in total. The molecule has 1 saturated heterocycles. The highest BCUT2D eigenvalue weighted by Gasteiger charge is 2.16. The van der Waals surface area contributed by atoms with E-state index in [-0.39, 0.29) is 11.3 Å². The molecule has 0 bridgehead atoms. The lowest BCUT2D eigenvalue weighted by Crippen LogP contribution is -2.44. The van der Waals surface area contributed by atoms with Gasteiger partial charge in [-0.3, -0.25) is 4.79 Å². The maximum atomic E-state index is 11.8. The first-order valence-corrected chi connectivity index (χ1v) is 7.99. The zero-order valence-electron chi connectivity index (χ0n) is 14.2. The number of carbonyl (C=O) groups excluding carboxylic acids is 1. The van der Waals surface area contributed by atoms with E-state index in [1.807, 2.05) is 6.20 Å². The molecule has 0 aliphatic carbocycles. The molecule has 5 heteroatoms. The molecular formula is C17H28N4O. The van der Waals surface area contributed by atoms with Gasteiger partial charge in [0.05, 0.1) is 0 Å². The number of hydrogen-bond acceptors (Lipinski definition) is 4. The Bertz CT molecular complexity index is 484. The molecule has 0 radical (unpaired) electrons. The van der Waals surface area contributed by atoms with Gasteiger partial charge < -0.3 is 15.1 Å². The van der Waals surface area contributed by atoms with Gasteiger partial charge in [0.15, 0.2) is 0 Å². The van der Waals surface area contributed by atoms with Crippen molar-refractivity contribution in [2.24, 2.45) is 5.41 Å². The number of likely N-dealkylation sites (N-methyl/N-ethyl adjacent to an activating group) is 1. The number of piperazine rings is 1. The minimum absolute atomic E-state index is 0.0214. The SMILES string of the molecule is CN1CCN(c2ccc(CNC(=O)CC(C)(C)C)cn2)CC1. The van der Waals surface area contributed by atoms with Crippen LogP contribution in [-0.4, -0.2) is 49.0 Å². The van der Waals surface area contributed by atoms with E-state index in [4.69, 9.17) is 0 Å². The highest BCUT2D eigenvalue weighted by atomic mass is 16.1. The van der Waals surface area contributed by atoms with Gasteiger partial charge in [-0.05, 0) is 24.1 Å². The van der Waals surface area contributed by atoms with Crippen molar-refractivity contribution in [1.82, 2.24) is 15.2 Å². The molecule has 1 N–H and O–H groups in total. The molecule has 2 heterocycles. The van der Waals surface area contributed by atoms with Crippen molar-refractivity contribution in [2.75, 3.05) is 38.1 Å². The Balaban J connectivity index is 1.83. The van der Waals surface area contributed by atoms with Crippen LogP contribution in [0.1, 0.15) is 32.8 Å². The molecule has 1 aliphatic rings. The lowest BCUT2D eigenvalue weighted by atomic mass is 9.92. The van der Waals surface area contributed by atoms with Gasteiger partial charge in [0, 0.05) is 45.3 Å². The minimum atomic E-state index is 0.0214. The van der Waals surface area contributed by atoms with Crippen LogP contribution in [0.5, 0.6) is 0 Å². The van der Waals surface area contributed by atoms with Crippen LogP contribution < -0.4 is 10.2 Å². The molecule has 2 rings (SSSR count). The predicted octanol–water partition coefficient (Wildman–Crippen LogP) is 1.89. The molecule has 22 heavy (non-hydrogen) atoms. The largest absolute Gasteiger partial charge is 0.354 e. The van der Waals surface area contributed by atoms with Crippen LogP contribution in [0.2, 0.25) is 0 Å². The van der Waals surface area contributed by atoms with Crippen molar-refractivity contribution >= 4 is 11.7 Å². The number of rotatable bonds is 4. The van der Waals surface area contributed by atoms with Crippen LogP contribution >= 0.6 is 0 Å². The number of aromatic nitrogens is 1. The molecule has 0 atom stereocenters. The van der Waals surface area contributed by atoms with Gasteiger partial charge in [-0.15, -0.1) is 0 Å². The molecule has 0 unspecified atom stereocenters. The summed E-state index contributed by atoms with van der Waals surface area (Å²) in [5.41, 5.74) is 1.06. The second-order valence-electron chi connectivity index (χ2n) is 7.33. The fourth-order valence-corrected chi connectivity index (χ4v) is 2.49. The van der Waals surface area contributed by atoms with Crippen molar-refractivity contribution in [1.29, 1.82) is 0 Å². The molecule has 1 aromatic heterocycles. The molecule has 1 aliphatic heterocycles. The van der Waals surface area contributed by atoms with Gasteiger partial charge >= 0.3 is 0 Å². The predicted molar refractivity (Wildman–Crippen MR) is 89.9 cm³/mol. The molecule has 0 spiro atoms. The Morgan fingerprint density at radius 1 is 1.23 bits per heavy atom. The number of amides is 1. The van der Waals surface area contributed by atoms with E-state index in [1.54, 1.807) is 0 Å². The Labute approximate surface area is 133 Å². The normalized spacial score (nSPS) is 16.6. The Morgan fingerprint density at radius 3 is 2.45 bits per heavy atom. The Morgan fingerprint density at radius 2 is 1.91 bits per heavy atom. The number of carbonyl (C=O) groups is 1. The number of pyridine rings is 1. The van der Waals surface area contributed by atoms with Gasteiger partial charge in [0.25, 0.3) is 0 Å². The van der Waals surface area contributed by atoms with Gasteiger partial charge in [-0.25, -0.2) is 4.98 Å². The fraction of sp³-hybridized carbons (Fsp3) is 0.647. The third-order valence-corrected chi connectivity index (χ3v) is 3.82. The monoisotopic (exact) mass is 304 g/mol. The fourth-order valence-electron chi connectivity index (χ4n) is 2.49. The summed E-state index contributed by atoms with van der Waals surface area (Å²) in [5.74, 6) is 1.12. The Kier molecular flexibility index (Phi) is 5.40. The zero-order chi connectivity index (χ0) is 16.2. The van der Waals surface area contributed by atoms with E-state index in [1.165, 1.54) is 0 Å². The van der Waals surface area contributed by atoms with E-state index < -0.39 is 0 Å². The summed E-state index contributed by atoms with van der Waals surface area (Å²) in [7, 11) is 2.15. The Hall–Kier alpha value is -1.62. The smallest absolute Gasteiger partial charge is 0.220 e. The van der Waals surface area contributed by atoms with Crippen molar-refractivity contribution in [3.8, 4) is 0 Å². The van der Waals surface area contributed by atoms with E-state index in [0.717, 1.165) is 37.6 Å². The maximum Gasteiger partial charge on any atom is 0.220 e. The van der Waals surface area contributed by atoms with Crippen molar-refractivity contribution < 1.29 is 4.79 Å². The standard InChI is InChI=1S/C17H28N4O/c1-17(2,3)11-16(22)19-13-14-5-6-15(18-12-14)21-9-7-20(4)8-10-21/h5-6,12H,7-11,13H2,1-4H3,(H,19,22). The first-order chi connectivity index (χ1) is 10.3. The second kappa shape index (κ2) is 7.09. The molecule has 1 fully saturated rings. The number of hydrogen-bond donors (Lipinski definition) is 1. The zero-order valence-corrected chi connectivity index (χ0v) is 14.2. The average Bonchev–Trinajstić information content (AvgIpc) is 2.45. The lowest BCUT2D eigenvalue weighted by Gasteiger charge is -2.33. The van der Waals surface area contributed by atoms with Gasteiger partial charge in [0.2, 0.25) is 5.91 Å². The number of anilines is 1. The molecular weight excluding hydrogens is 276 g/mol. The maximum absolute atomic E-state index is 11.8. The van der Waals surface area contributed by atoms with E-state index >= 15 is 0 Å². The van der Waals surface area contributed by atoms with Crippen LogP contribution in [0, 0.1) is 5.41 Å². The van der Waals surface area contributed by atoms with Crippen molar-refractivity contribution in [3.05, 3.63) is 23.9 Å². The van der Waals surface area contributed by atoms with E-state index in [0.29, 0.717) is 13.0 Å². The van der Waals surface area contributed by atoms with Gasteiger partial charge in [-0.2, -0.15) is 0 Å². The summed E-state index contributed by atoms with van der Waals surface area (Å²) < 4.78 is 0. The summed E-state index contributed by atoms with van der Waals surface area (Å²) in [6.45, 7) is 10.9. The van der Waals surface area contributed by atoms with Gasteiger partial charge in [0.1, 0.15) is 5.82 Å². The van der Waals surface area contributed by atoms with Crippen molar-refractivity contribution in [2.45, 2.75) is 33.7 Å². The van der Waals surface area contributed by atoms with Crippen molar-refractivity contribution in [3.63, 3.8) is 0 Å². The van der Waals surface area contributed by atoms with Crippen LogP contribution in [0.3, 0.4) is 0 Å². The third kappa shape index (κ3) is 5.30. The lowest BCUT2D eigenvalue weighted by molar-refractivity contribution is -0.122. The molecule has 122 valence electrons. The highest BCUT2D eigenvalue weighted by Crippen LogP contribution is 2.18. The summed E-state index contributed by atoms with van der Waals surface area (Å²) in [6, 6.07) is 4.11. The first kappa shape index (κ1) is 16.7. The number of nitrogens with zero attached hydrogens (tertiary/aromatic N) is 3. The van der Waals surface area contributed by atoms with Crippen LogP contribution in [0.15, 0.2) is 18.3 Å². The summed E-state index contributed by atoms with van der Waals surface area (Å²) >= 11 is 0. The molecule has 0 aromatic carbocycles. The summed E-state index contributed by atoms with van der Waals surface area (Å²) in [4.78, 5) is 21.0. The number of nitrogens with one attached hydrogen (secondary N) is 1. The van der Waals surface area contributed by atoms with E-state index in [2.05, 4.69) is 60.1 Å². The van der Waals surface area contributed by atoms with Crippen LogP contribution in [-0.2, 0) is 11.3 Å². The topological polar surface area (TPSA) is 48.5 Å². The molecule has 0 saturated carbocycles. The van der Waals surface area contributed by atoms with Gasteiger partial charge in [-0.1, -0.05) is 26.8 Å². The van der Waals surface area contributed by atoms with Crippen LogP contribution in [0.4, 0.5) is 5.82 Å². The summed E-state index contributed by atoms with van der Waals surface area (Å²) in [5, 5.41) is 2.96. The first-order valence-electron chi connectivity index (χ1n) is 7.99. The van der Waals surface area contributed by atoms with Crippen LogP contribution in [0.25, 0.3) is 0 Å². The summed E-state index contributed by atoms with van der Waals surface area (Å²) in [6.07, 6.45) is 2.41. The van der Waals surface area contributed by atoms with E-state index in [9.17, 15) is 4.79 Å². The minimum Gasteiger partial charge on any atom is -0.354 e. The third-order valence-electron chi connectivity index (χ3n) is 3.82. The highest BCUT2D eigenvalue weighted by molar-refractivity contribution is 5.76. The molecule has 1 aromatic rings. The quantitative estimate of drug-likeness (QED) is 0.923. The average molecular weight is 304 g/mol. The molecule has 1 amide bonds.